The molecule has 0 N–H and O–H groups in total. The van der Waals surface area contributed by atoms with Crippen molar-refractivity contribution in [1.29, 1.82) is 0 Å². The third-order valence-electron chi connectivity index (χ3n) is 2.98. The summed E-state index contributed by atoms with van der Waals surface area (Å²) in [4.78, 5) is 16.1. The predicted octanol–water partition coefficient (Wildman–Crippen LogP) is 3.48. The molecule has 0 amide bonds. The molecule has 0 fully saturated rings. The van der Waals surface area contributed by atoms with E-state index in [-0.39, 0.29) is 22.9 Å². The molecule has 0 atom stereocenters. The quantitative estimate of drug-likeness (QED) is 0.696. The van der Waals surface area contributed by atoms with Gasteiger partial charge >= 0.3 is 5.97 Å². The molecule has 0 unspecified atom stereocenters. The zero-order valence-electron chi connectivity index (χ0n) is 10.8. The van der Waals surface area contributed by atoms with E-state index in [9.17, 15) is 9.18 Å². The van der Waals surface area contributed by atoms with Gasteiger partial charge in [-0.1, -0.05) is 23.7 Å². The van der Waals surface area contributed by atoms with Gasteiger partial charge in [0.25, 0.3) is 0 Å². The van der Waals surface area contributed by atoms with Crippen molar-refractivity contribution in [3.63, 3.8) is 0 Å². The van der Waals surface area contributed by atoms with E-state index in [0.29, 0.717) is 5.65 Å². The third kappa shape index (κ3) is 2.73. The summed E-state index contributed by atoms with van der Waals surface area (Å²) in [7, 11) is 0. The van der Waals surface area contributed by atoms with E-state index in [1.165, 1.54) is 12.1 Å². The SMILES string of the molecule is O=C(OCc1c(F)cccc1Cl)c1cn2ccccc2n1. The van der Waals surface area contributed by atoms with Crippen molar-refractivity contribution in [2.75, 3.05) is 0 Å². The molecule has 0 saturated carbocycles. The molecule has 0 radical (unpaired) electrons. The molecule has 1 aromatic carbocycles. The lowest BCUT2D eigenvalue weighted by molar-refractivity contribution is 0.0463. The van der Waals surface area contributed by atoms with E-state index in [0.717, 1.165) is 0 Å². The molecule has 2 heterocycles. The Morgan fingerprint density at radius 1 is 1.29 bits per heavy atom. The summed E-state index contributed by atoms with van der Waals surface area (Å²) < 4.78 is 20.3. The number of esters is 1. The van der Waals surface area contributed by atoms with Crippen molar-refractivity contribution in [1.82, 2.24) is 9.38 Å². The standard InChI is InChI=1S/C15H10ClFN2O2/c16-11-4-3-5-12(17)10(11)9-21-15(20)13-8-19-7-2-1-6-14(19)18-13/h1-8H,9H2. The summed E-state index contributed by atoms with van der Waals surface area (Å²) in [5, 5.41) is 0.220. The van der Waals surface area contributed by atoms with Gasteiger partial charge in [0.05, 0.1) is 5.02 Å². The number of benzene rings is 1. The van der Waals surface area contributed by atoms with E-state index < -0.39 is 11.8 Å². The zero-order valence-corrected chi connectivity index (χ0v) is 11.5. The van der Waals surface area contributed by atoms with Crippen LogP contribution in [0.5, 0.6) is 0 Å². The average molecular weight is 305 g/mol. The molecule has 6 heteroatoms. The molecule has 2 aromatic heterocycles. The van der Waals surface area contributed by atoms with Gasteiger partial charge in [-0.15, -0.1) is 0 Å². The number of hydrogen-bond donors (Lipinski definition) is 0. The first kappa shape index (κ1) is 13.6. The van der Waals surface area contributed by atoms with Gasteiger partial charge in [0.2, 0.25) is 0 Å². The highest BCUT2D eigenvalue weighted by Gasteiger charge is 2.14. The van der Waals surface area contributed by atoms with E-state index in [2.05, 4.69) is 4.98 Å². The second-order valence-electron chi connectivity index (χ2n) is 4.37. The molecule has 0 aliphatic rings. The Labute approximate surface area is 124 Å². The van der Waals surface area contributed by atoms with E-state index in [1.807, 2.05) is 12.1 Å². The fourth-order valence-electron chi connectivity index (χ4n) is 1.91. The maximum absolute atomic E-state index is 13.6. The Balaban J connectivity index is 1.77. The maximum Gasteiger partial charge on any atom is 0.358 e. The highest BCUT2D eigenvalue weighted by molar-refractivity contribution is 6.31. The fraction of sp³-hybridized carbons (Fsp3) is 0.0667. The highest BCUT2D eigenvalue weighted by Crippen LogP contribution is 2.20. The third-order valence-corrected chi connectivity index (χ3v) is 3.34. The number of halogens is 2. The normalized spacial score (nSPS) is 10.8. The number of fused-ring (bicyclic) bond motifs is 1. The van der Waals surface area contributed by atoms with Crippen LogP contribution in [-0.4, -0.2) is 15.4 Å². The molecular weight excluding hydrogens is 295 g/mol. The van der Waals surface area contributed by atoms with Crippen LogP contribution in [-0.2, 0) is 11.3 Å². The number of imidazole rings is 1. The second-order valence-corrected chi connectivity index (χ2v) is 4.78. The van der Waals surface area contributed by atoms with Crippen LogP contribution in [0.1, 0.15) is 16.1 Å². The molecule has 0 aliphatic carbocycles. The van der Waals surface area contributed by atoms with E-state index in [4.69, 9.17) is 16.3 Å². The Kier molecular flexibility index (Phi) is 3.58. The van der Waals surface area contributed by atoms with Gasteiger partial charge < -0.3 is 9.14 Å². The van der Waals surface area contributed by atoms with Crippen LogP contribution in [0.15, 0.2) is 48.8 Å². The minimum Gasteiger partial charge on any atom is -0.456 e. The Morgan fingerprint density at radius 3 is 2.90 bits per heavy atom. The molecule has 4 nitrogen and oxygen atoms in total. The maximum atomic E-state index is 13.6. The summed E-state index contributed by atoms with van der Waals surface area (Å²) in [5.74, 6) is -1.14. The van der Waals surface area contributed by atoms with E-state index in [1.54, 1.807) is 28.9 Å². The molecule has 21 heavy (non-hydrogen) atoms. The van der Waals surface area contributed by atoms with Crippen LogP contribution < -0.4 is 0 Å². The van der Waals surface area contributed by atoms with Crippen LogP contribution in [0.2, 0.25) is 5.02 Å². The van der Waals surface area contributed by atoms with Crippen LogP contribution in [0.25, 0.3) is 5.65 Å². The number of carbonyl (C=O) groups excluding carboxylic acids is 1. The number of carbonyl (C=O) groups is 1. The van der Waals surface area contributed by atoms with Gasteiger partial charge in [-0.3, -0.25) is 0 Å². The Bertz CT molecular complexity index is 763. The van der Waals surface area contributed by atoms with Gasteiger partial charge in [-0.2, -0.15) is 0 Å². The molecule has 0 spiro atoms. The van der Waals surface area contributed by atoms with Gasteiger partial charge in [-0.05, 0) is 24.3 Å². The first-order chi connectivity index (χ1) is 10.1. The average Bonchev–Trinajstić information content (AvgIpc) is 2.90. The van der Waals surface area contributed by atoms with Crippen molar-refractivity contribution in [3.05, 3.63) is 70.9 Å². The van der Waals surface area contributed by atoms with Gasteiger partial charge in [-0.25, -0.2) is 14.2 Å². The molecule has 3 aromatic rings. The molecule has 106 valence electrons. The summed E-state index contributed by atoms with van der Waals surface area (Å²) in [6, 6.07) is 9.70. The fourth-order valence-corrected chi connectivity index (χ4v) is 2.13. The molecular formula is C15H10ClFN2O2. The summed E-state index contributed by atoms with van der Waals surface area (Å²) in [6.07, 6.45) is 3.33. The molecule has 0 saturated heterocycles. The molecule has 3 rings (SSSR count). The van der Waals surface area contributed by atoms with Crippen LogP contribution in [0.4, 0.5) is 4.39 Å². The number of rotatable bonds is 3. The predicted molar refractivity (Wildman–Crippen MR) is 75.7 cm³/mol. The number of nitrogens with zero attached hydrogens (tertiary/aromatic N) is 2. The highest BCUT2D eigenvalue weighted by atomic mass is 35.5. The topological polar surface area (TPSA) is 43.6 Å². The van der Waals surface area contributed by atoms with Crippen LogP contribution in [0, 0.1) is 5.82 Å². The van der Waals surface area contributed by atoms with Crippen molar-refractivity contribution in [2.45, 2.75) is 6.61 Å². The van der Waals surface area contributed by atoms with Crippen LogP contribution in [0.3, 0.4) is 0 Å². The van der Waals surface area contributed by atoms with Crippen LogP contribution >= 0.6 is 11.6 Å². The van der Waals surface area contributed by atoms with Crippen molar-refractivity contribution in [3.8, 4) is 0 Å². The number of ether oxygens (including phenoxy) is 1. The number of aromatic nitrogens is 2. The summed E-state index contributed by atoms with van der Waals surface area (Å²) in [6.45, 7) is -0.238. The smallest absolute Gasteiger partial charge is 0.358 e. The first-order valence-corrected chi connectivity index (χ1v) is 6.56. The van der Waals surface area contributed by atoms with Gasteiger partial charge in [0, 0.05) is 18.0 Å². The van der Waals surface area contributed by atoms with Crippen molar-refractivity contribution >= 4 is 23.2 Å². The second kappa shape index (κ2) is 5.54. The summed E-state index contributed by atoms with van der Waals surface area (Å²) in [5.41, 5.74) is 0.943. The lowest BCUT2D eigenvalue weighted by atomic mass is 10.2. The van der Waals surface area contributed by atoms with Crippen molar-refractivity contribution in [2.24, 2.45) is 0 Å². The summed E-state index contributed by atoms with van der Waals surface area (Å²) >= 11 is 5.87. The van der Waals surface area contributed by atoms with Crippen molar-refractivity contribution < 1.29 is 13.9 Å². The first-order valence-electron chi connectivity index (χ1n) is 6.19. The number of pyridine rings is 1. The van der Waals surface area contributed by atoms with Gasteiger partial charge in [0.15, 0.2) is 5.69 Å². The monoisotopic (exact) mass is 304 g/mol. The largest absolute Gasteiger partial charge is 0.456 e. The zero-order chi connectivity index (χ0) is 14.8. The Hall–Kier alpha value is -2.40. The lowest BCUT2D eigenvalue weighted by Crippen LogP contribution is -2.07. The lowest BCUT2D eigenvalue weighted by Gasteiger charge is -2.06. The molecule has 0 aliphatic heterocycles. The minimum atomic E-state index is -0.627. The van der Waals surface area contributed by atoms with Gasteiger partial charge in [0.1, 0.15) is 18.1 Å². The minimum absolute atomic E-state index is 0.149. The number of hydrogen-bond acceptors (Lipinski definition) is 3. The molecule has 0 bridgehead atoms. The van der Waals surface area contributed by atoms with E-state index >= 15 is 0 Å². The Morgan fingerprint density at radius 2 is 2.14 bits per heavy atom.